The van der Waals surface area contributed by atoms with Crippen LogP contribution in [0.5, 0.6) is 11.5 Å². The maximum Gasteiger partial charge on any atom is 0.408 e. The average molecular weight is 421 g/mol. The van der Waals surface area contributed by atoms with Gasteiger partial charge in [0.2, 0.25) is 0 Å². The molecule has 0 radical (unpaired) electrons. The number of nitrogens with one attached hydrogen (secondary N) is 1. The molecule has 7 nitrogen and oxygen atoms in total. The van der Waals surface area contributed by atoms with Crippen molar-refractivity contribution in [3.8, 4) is 11.5 Å². The zero-order valence-electron chi connectivity index (χ0n) is 16.7. The van der Waals surface area contributed by atoms with Crippen LogP contribution in [0.25, 0.3) is 0 Å². The number of aromatic hydroxyl groups is 1. The highest BCUT2D eigenvalue weighted by Crippen LogP contribution is 2.28. The van der Waals surface area contributed by atoms with Gasteiger partial charge in [-0.1, -0.05) is 66.7 Å². The summed E-state index contributed by atoms with van der Waals surface area (Å²) in [6.45, 7) is 0.292. The van der Waals surface area contributed by atoms with Gasteiger partial charge in [0.15, 0.2) is 11.5 Å². The molecule has 0 saturated carbocycles. The fourth-order valence-electron chi connectivity index (χ4n) is 2.88. The van der Waals surface area contributed by atoms with Crippen molar-refractivity contribution in [2.45, 2.75) is 25.7 Å². The third-order valence-corrected chi connectivity index (χ3v) is 4.50. The SMILES string of the molecule is O=C(NC(Cc1ccc(O)c(OCc2ccccc2)c1)C(=O)O)OCc1ccccc1. The monoisotopic (exact) mass is 421 g/mol. The molecule has 160 valence electrons. The molecule has 0 aliphatic rings. The van der Waals surface area contributed by atoms with Crippen LogP contribution in [0.2, 0.25) is 0 Å². The third-order valence-electron chi connectivity index (χ3n) is 4.50. The summed E-state index contributed by atoms with van der Waals surface area (Å²) in [5, 5.41) is 21.9. The molecule has 0 heterocycles. The van der Waals surface area contributed by atoms with Crippen LogP contribution in [-0.4, -0.2) is 28.3 Å². The average Bonchev–Trinajstić information content (AvgIpc) is 2.79. The van der Waals surface area contributed by atoms with Crippen molar-refractivity contribution in [3.05, 3.63) is 95.6 Å². The Hall–Kier alpha value is -4.00. The predicted molar refractivity (Wildman–Crippen MR) is 114 cm³/mol. The summed E-state index contributed by atoms with van der Waals surface area (Å²) >= 11 is 0. The number of phenols is 1. The van der Waals surface area contributed by atoms with Gasteiger partial charge in [-0.05, 0) is 28.8 Å². The molecule has 1 unspecified atom stereocenters. The molecule has 1 amide bonds. The molecule has 0 aromatic heterocycles. The van der Waals surface area contributed by atoms with Crippen molar-refractivity contribution in [3.63, 3.8) is 0 Å². The van der Waals surface area contributed by atoms with Crippen LogP contribution in [0.4, 0.5) is 4.79 Å². The van der Waals surface area contributed by atoms with Gasteiger partial charge in [0.25, 0.3) is 0 Å². The summed E-state index contributed by atoms with van der Waals surface area (Å²) in [5.74, 6) is -1.02. The zero-order valence-corrected chi connectivity index (χ0v) is 16.7. The first-order chi connectivity index (χ1) is 15.0. The quantitative estimate of drug-likeness (QED) is 0.484. The Morgan fingerprint density at radius 2 is 1.45 bits per heavy atom. The number of amides is 1. The van der Waals surface area contributed by atoms with Crippen molar-refractivity contribution in [1.82, 2.24) is 5.32 Å². The number of carbonyl (C=O) groups excluding carboxylic acids is 1. The van der Waals surface area contributed by atoms with E-state index in [9.17, 15) is 19.8 Å². The first kappa shape index (κ1) is 21.7. The van der Waals surface area contributed by atoms with Crippen LogP contribution in [0.15, 0.2) is 78.9 Å². The minimum absolute atomic E-state index is 0.00223. The largest absolute Gasteiger partial charge is 0.504 e. The molecule has 0 spiro atoms. The lowest BCUT2D eigenvalue weighted by Gasteiger charge is -2.16. The van der Waals surface area contributed by atoms with Crippen molar-refractivity contribution >= 4 is 12.1 Å². The lowest BCUT2D eigenvalue weighted by atomic mass is 10.1. The van der Waals surface area contributed by atoms with Gasteiger partial charge in [-0.3, -0.25) is 0 Å². The molecule has 0 aliphatic carbocycles. The van der Waals surface area contributed by atoms with Gasteiger partial charge in [-0.25, -0.2) is 9.59 Å². The lowest BCUT2D eigenvalue weighted by molar-refractivity contribution is -0.139. The minimum atomic E-state index is -1.20. The Balaban J connectivity index is 1.59. The highest BCUT2D eigenvalue weighted by Gasteiger charge is 2.22. The first-order valence-corrected chi connectivity index (χ1v) is 9.70. The van der Waals surface area contributed by atoms with Crippen LogP contribution in [0, 0.1) is 0 Å². The number of aliphatic carboxylic acids is 1. The molecule has 1 atom stereocenters. The molecule has 31 heavy (non-hydrogen) atoms. The van der Waals surface area contributed by atoms with Crippen LogP contribution in [0.1, 0.15) is 16.7 Å². The van der Waals surface area contributed by atoms with E-state index in [-0.39, 0.29) is 31.1 Å². The molecule has 0 saturated heterocycles. The minimum Gasteiger partial charge on any atom is -0.504 e. The number of carboxylic acid groups (broad SMARTS) is 1. The fourth-order valence-corrected chi connectivity index (χ4v) is 2.88. The topological polar surface area (TPSA) is 105 Å². The van der Waals surface area contributed by atoms with Crippen molar-refractivity contribution in [2.24, 2.45) is 0 Å². The summed E-state index contributed by atoms with van der Waals surface area (Å²) in [7, 11) is 0. The molecule has 3 N–H and O–H groups in total. The first-order valence-electron chi connectivity index (χ1n) is 9.70. The molecular weight excluding hydrogens is 398 g/mol. The van der Waals surface area contributed by atoms with Gasteiger partial charge in [0.05, 0.1) is 0 Å². The van der Waals surface area contributed by atoms with Gasteiger partial charge in [0, 0.05) is 6.42 Å². The number of rotatable bonds is 9. The molecular formula is C24H23NO6. The predicted octanol–water partition coefficient (Wildman–Crippen LogP) is 3.89. The number of phenolic OH excluding ortho intramolecular Hbond substituents is 1. The van der Waals surface area contributed by atoms with E-state index in [4.69, 9.17) is 9.47 Å². The van der Waals surface area contributed by atoms with Crippen molar-refractivity contribution in [1.29, 1.82) is 0 Å². The molecule has 0 aliphatic heterocycles. The lowest BCUT2D eigenvalue weighted by Crippen LogP contribution is -2.42. The Morgan fingerprint density at radius 1 is 0.839 bits per heavy atom. The number of alkyl carbamates (subject to hydrolysis) is 1. The second kappa shape index (κ2) is 10.7. The molecule has 0 fully saturated rings. The van der Waals surface area contributed by atoms with E-state index in [0.29, 0.717) is 5.56 Å². The van der Waals surface area contributed by atoms with Crippen molar-refractivity contribution < 1.29 is 29.3 Å². The summed E-state index contributed by atoms with van der Waals surface area (Å²) < 4.78 is 10.8. The van der Waals surface area contributed by atoms with E-state index in [0.717, 1.165) is 11.1 Å². The third kappa shape index (κ3) is 6.78. The van der Waals surface area contributed by atoms with E-state index >= 15 is 0 Å². The standard InChI is InChI=1S/C24H23NO6/c26-21-12-11-19(14-22(21)30-15-17-7-3-1-4-8-17)13-20(23(27)28)25-24(29)31-16-18-9-5-2-6-10-18/h1-12,14,20,26H,13,15-16H2,(H,25,29)(H,27,28). The van der Waals surface area contributed by atoms with E-state index in [1.54, 1.807) is 24.3 Å². The maximum absolute atomic E-state index is 12.0. The van der Waals surface area contributed by atoms with Crippen LogP contribution < -0.4 is 10.1 Å². The highest BCUT2D eigenvalue weighted by atomic mass is 16.5. The summed E-state index contributed by atoms with van der Waals surface area (Å²) in [6, 6.07) is 21.9. The van der Waals surface area contributed by atoms with Gasteiger partial charge in [-0.15, -0.1) is 0 Å². The van der Waals surface area contributed by atoms with Crippen LogP contribution in [-0.2, 0) is 29.2 Å². The Morgan fingerprint density at radius 3 is 2.06 bits per heavy atom. The summed E-state index contributed by atoms with van der Waals surface area (Å²) in [6.07, 6.45) is -0.826. The number of carboxylic acids is 1. The highest BCUT2D eigenvalue weighted by molar-refractivity contribution is 5.80. The number of carbonyl (C=O) groups is 2. The van der Waals surface area contributed by atoms with Crippen molar-refractivity contribution in [2.75, 3.05) is 0 Å². The van der Waals surface area contributed by atoms with Crippen LogP contribution in [0.3, 0.4) is 0 Å². The second-order valence-corrected chi connectivity index (χ2v) is 6.88. The fraction of sp³-hybridized carbons (Fsp3) is 0.167. The van der Waals surface area contributed by atoms with E-state index in [2.05, 4.69) is 5.32 Å². The van der Waals surface area contributed by atoms with E-state index in [1.807, 2.05) is 48.5 Å². The number of hydrogen-bond acceptors (Lipinski definition) is 5. The van der Waals surface area contributed by atoms with Gasteiger partial charge in [-0.2, -0.15) is 0 Å². The zero-order chi connectivity index (χ0) is 22.1. The Kier molecular flexibility index (Phi) is 7.48. The molecule has 7 heteroatoms. The summed E-state index contributed by atoms with van der Waals surface area (Å²) in [5.41, 5.74) is 2.30. The second-order valence-electron chi connectivity index (χ2n) is 6.88. The number of hydrogen-bond donors (Lipinski definition) is 3. The Bertz CT molecular complexity index is 1010. The smallest absolute Gasteiger partial charge is 0.408 e. The van der Waals surface area contributed by atoms with E-state index in [1.165, 1.54) is 6.07 Å². The Labute approximate surface area is 179 Å². The van der Waals surface area contributed by atoms with Gasteiger partial charge in [0.1, 0.15) is 19.3 Å². The number of benzene rings is 3. The van der Waals surface area contributed by atoms with Gasteiger partial charge >= 0.3 is 12.1 Å². The number of ether oxygens (including phenoxy) is 2. The van der Waals surface area contributed by atoms with Gasteiger partial charge < -0.3 is 25.0 Å². The summed E-state index contributed by atoms with van der Waals surface area (Å²) in [4.78, 5) is 23.7. The maximum atomic E-state index is 12.0. The van der Waals surface area contributed by atoms with Crippen LogP contribution >= 0.6 is 0 Å². The normalized spacial score (nSPS) is 11.4. The molecule has 0 bridgehead atoms. The molecule has 3 aromatic rings. The molecule has 3 aromatic carbocycles. The van der Waals surface area contributed by atoms with E-state index < -0.39 is 18.1 Å². The molecule has 3 rings (SSSR count).